The third-order valence-corrected chi connectivity index (χ3v) is 5.16. The molecule has 7 heteroatoms. The minimum Gasteiger partial charge on any atom is -0.496 e. The molecule has 1 saturated heterocycles. The molecule has 1 aromatic carbocycles. The average molecular weight is 345 g/mol. The van der Waals surface area contributed by atoms with Gasteiger partial charge < -0.3 is 14.8 Å². The highest BCUT2D eigenvalue weighted by Gasteiger charge is 2.37. The van der Waals surface area contributed by atoms with E-state index in [1.807, 2.05) is 7.05 Å². The number of hydrogen-bond donors (Lipinski definition) is 1. The second-order valence-corrected chi connectivity index (χ2v) is 6.86. The van der Waals surface area contributed by atoms with Gasteiger partial charge in [-0.15, -0.1) is 5.10 Å². The highest BCUT2D eigenvalue weighted by molar-refractivity contribution is 5.43. The first kappa shape index (κ1) is 17.8. The van der Waals surface area contributed by atoms with Gasteiger partial charge in [-0.2, -0.15) is 0 Å². The average Bonchev–Trinajstić information content (AvgIpc) is 3.06. The van der Waals surface area contributed by atoms with Gasteiger partial charge in [0.2, 0.25) is 0 Å². The number of methoxy groups -OCH3 is 1. The Morgan fingerprint density at radius 3 is 2.76 bits per heavy atom. The van der Waals surface area contributed by atoms with Gasteiger partial charge in [0.25, 0.3) is 0 Å². The summed E-state index contributed by atoms with van der Waals surface area (Å²) in [6.07, 6.45) is 1.92. The molecule has 1 unspecified atom stereocenters. The minimum absolute atomic E-state index is 0.0180. The van der Waals surface area contributed by atoms with Gasteiger partial charge in [0.15, 0.2) is 5.82 Å². The lowest BCUT2D eigenvalue weighted by molar-refractivity contribution is 0.0480. The summed E-state index contributed by atoms with van der Waals surface area (Å²) in [6.45, 7) is 6.56. The van der Waals surface area contributed by atoms with E-state index in [1.165, 1.54) is 11.1 Å². The smallest absolute Gasteiger partial charge is 0.167 e. The first-order valence-corrected chi connectivity index (χ1v) is 8.74. The molecule has 3 rings (SSSR count). The van der Waals surface area contributed by atoms with Gasteiger partial charge in [-0.25, -0.2) is 4.68 Å². The fourth-order valence-electron chi connectivity index (χ4n) is 3.58. The zero-order chi connectivity index (χ0) is 17.9. The molecule has 1 aliphatic heterocycles. The van der Waals surface area contributed by atoms with Crippen molar-refractivity contribution in [1.82, 2.24) is 25.5 Å². The SMILES string of the molecule is COc1ccc(C)cc1C1(CNC(C)c2nnnn2C)CCOCC1. The molecule has 1 aliphatic rings. The Morgan fingerprint density at radius 1 is 1.36 bits per heavy atom. The van der Waals surface area contributed by atoms with E-state index < -0.39 is 0 Å². The zero-order valence-corrected chi connectivity index (χ0v) is 15.5. The second kappa shape index (κ2) is 7.49. The number of tetrazole rings is 1. The van der Waals surface area contributed by atoms with E-state index in [0.29, 0.717) is 0 Å². The normalized spacial score (nSPS) is 18.1. The fourth-order valence-corrected chi connectivity index (χ4v) is 3.58. The first-order chi connectivity index (χ1) is 12.1. The van der Waals surface area contributed by atoms with Gasteiger partial charge in [0.05, 0.1) is 13.2 Å². The zero-order valence-electron chi connectivity index (χ0n) is 15.5. The van der Waals surface area contributed by atoms with E-state index in [0.717, 1.165) is 44.2 Å². The largest absolute Gasteiger partial charge is 0.496 e. The van der Waals surface area contributed by atoms with Crippen molar-refractivity contribution >= 4 is 0 Å². The predicted octanol–water partition coefficient (Wildman–Crippen LogP) is 1.93. The molecule has 0 saturated carbocycles. The van der Waals surface area contributed by atoms with E-state index in [2.05, 4.69) is 52.9 Å². The molecule has 1 atom stereocenters. The molecule has 25 heavy (non-hydrogen) atoms. The molecular weight excluding hydrogens is 318 g/mol. The summed E-state index contributed by atoms with van der Waals surface area (Å²) in [6, 6.07) is 6.48. The van der Waals surface area contributed by atoms with Crippen molar-refractivity contribution in [2.75, 3.05) is 26.9 Å². The quantitative estimate of drug-likeness (QED) is 0.862. The van der Waals surface area contributed by atoms with Crippen molar-refractivity contribution in [3.05, 3.63) is 35.2 Å². The molecule has 1 aromatic heterocycles. The van der Waals surface area contributed by atoms with Gasteiger partial charge in [-0.05, 0) is 43.2 Å². The van der Waals surface area contributed by atoms with Crippen molar-refractivity contribution in [3.63, 3.8) is 0 Å². The van der Waals surface area contributed by atoms with Crippen molar-refractivity contribution in [1.29, 1.82) is 0 Å². The minimum atomic E-state index is -0.0180. The van der Waals surface area contributed by atoms with Crippen LogP contribution in [0.2, 0.25) is 0 Å². The van der Waals surface area contributed by atoms with Gasteiger partial charge in [0, 0.05) is 37.8 Å². The Bertz CT molecular complexity index is 709. The van der Waals surface area contributed by atoms with Crippen LogP contribution in [-0.2, 0) is 17.2 Å². The third kappa shape index (κ3) is 3.67. The van der Waals surface area contributed by atoms with E-state index in [9.17, 15) is 0 Å². The van der Waals surface area contributed by atoms with Crippen LogP contribution < -0.4 is 10.1 Å². The van der Waals surface area contributed by atoms with Gasteiger partial charge in [0.1, 0.15) is 5.75 Å². The summed E-state index contributed by atoms with van der Waals surface area (Å²) in [5, 5.41) is 15.4. The van der Waals surface area contributed by atoms with E-state index in [-0.39, 0.29) is 11.5 Å². The second-order valence-electron chi connectivity index (χ2n) is 6.86. The molecule has 136 valence electrons. The molecule has 1 N–H and O–H groups in total. The van der Waals surface area contributed by atoms with Gasteiger partial charge in [-0.1, -0.05) is 17.7 Å². The molecule has 0 spiro atoms. The van der Waals surface area contributed by atoms with Crippen molar-refractivity contribution in [3.8, 4) is 5.75 Å². The van der Waals surface area contributed by atoms with Crippen molar-refractivity contribution < 1.29 is 9.47 Å². The Kier molecular flexibility index (Phi) is 5.34. The molecule has 0 amide bonds. The van der Waals surface area contributed by atoms with E-state index in [4.69, 9.17) is 9.47 Å². The summed E-state index contributed by atoms with van der Waals surface area (Å²) < 4.78 is 13.0. The number of aromatic nitrogens is 4. The Labute approximate surface area is 148 Å². The summed E-state index contributed by atoms with van der Waals surface area (Å²) >= 11 is 0. The molecule has 0 aliphatic carbocycles. The van der Waals surface area contributed by atoms with Crippen molar-refractivity contribution in [2.45, 2.75) is 38.1 Å². The van der Waals surface area contributed by atoms with Crippen LogP contribution in [0.15, 0.2) is 18.2 Å². The lowest BCUT2D eigenvalue weighted by Crippen LogP contribution is -2.44. The summed E-state index contributed by atoms with van der Waals surface area (Å²) in [5.41, 5.74) is 2.48. The molecule has 2 heterocycles. The van der Waals surface area contributed by atoms with Gasteiger partial charge >= 0.3 is 0 Å². The monoisotopic (exact) mass is 345 g/mol. The number of nitrogens with zero attached hydrogens (tertiary/aromatic N) is 4. The molecular formula is C18H27N5O2. The standard InChI is InChI=1S/C18H27N5O2/c1-13-5-6-16(24-4)15(11-13)18(7-9-25-10-8-18)12-19-14(2)17-20-21-22-23(17)3/h5-6,11,14,19H,7-10,12H2,1-4H3. The van der Waals surface area contributed by atoms with Crippen LogP contribution in [0.25, 0.3) is 0 Å². The van der Waals surface area contributed by atoms with Gasteiger partial charge in [-0.3, -0.25) is 0 Å². The van der Waals surface area contributed by atoms with Crippen LogP contribution in [-0.4, -0.2) is 47.1 Å². The number of rotatable bonds is 6. The maximum atomic E-state index is 5.67. The number of hydrogen-bond acceptors (Lipinski definition) is 6. The third-order valence-electron chi connectivity index (χ3n) is 5.16. The first-order valence-electron chi connectivity index (χ1n) is 8.74. The molecule has 0 bridgehead atoms. The number of benzene rings is 1. The van der Waals surface area contributed by atoms with Crippen LogP contribution in [0.1, 0.15) is 42.8 Å². The van der Waals surface area contributed by atoms with E-state index >= 15 is 0 Å². The molecule has 2 aromatic rings. The van der Waals surface area contributed by atoms with Crippen molar-refractivity contribution in [2.24, 2.45) is 7.05 Å². The number of aryl methyl sites for hydroxylation is 2. The highest BCUT2D eigenvalue weighted by Crippen LogP contribution is 2.40. The fraction of sp³-hybridized carbons (Fsp3) is 0.611. The summed E-state index contributed by atoms with van der Waals surface area (Å²) in [7, 11) is 3.60. The van der Waals surface area contributed by atoms with E-state index in [1.54, 1.807) is 11.8 Å². The topological polar surface area (TPSA) is 74.1 Å². The number of nitrogens with one attached hydrogen (secondary N) is 1. The molecule has 0 radical (unpaired) electrons. The van der Waals surface area contributed by atoms with Crippen LogP contribution in [0, 0.1) is 6.92 Å². The lowest BCUT2D eigenvalue weighted by Gasteiger charge is -2.39. The van der Waals surface area contributed by atoms with Crippen LogP contribution in [0.5, 0.6) is 5.75 Å². The number of ether oxygens (including phenoxy) is 2. The summed E-state index contributed by atoms with van der Waals surface area (Å²) in [5.74, 6) is 1.78. The van der Waals surface area contributed by atoms with Crippen LogP contribution in [0.3, 0.4) is 0 Å². The Hall–Kier alpha value is -1.99. The maximum Gasteiger partial charge on any atom is 0.167 e. The Balaban J connectivity index is 1.87. The maximum absolute atomic E-state index is 5.67. The van der Waals surface area contributed by atoms with Crippen LogP contribution in [0.4, 0.5) is 0 Å². The highest BCUT2D eigenvalue weighted by atomic mass is 16.5. The molecule has 1 fully saturated rings. The van der Waals surface area contributed by atoms with Crippen LogP contribution >= 0.6 is 0 Å². The lowest BCUT2D eigenvalue weighted by atomic mass is 9.73. The Morgan fingerprint density at radius 2 is 2.12 bits per heavy atom. The predicted molar refractivity (Wildman–Crippen MR) is 94.7 cm³/mol. The molecule has 7 nitrogen and oxygen atoms in total. The summed E-state index contributed by atoms with van der Waals surface area (Å²) in [4.78, 5) is 0.